The molecule has 0 aliphatic rings. The Morgan fingerprint density at radius 2 is 1.83 bits per heavy atom. The molecule has 1 amide bonds. The number of para-hydroxylation sites is 2. The third-order valence-corrected chi connectivity index (χ3v) is 3.53. The molecule has 0 saturated carbocycles. The summed E-state index contributed by atoms with van der Waals surface area (Å²) in [7, 11) is 0. The van der Waals surface area contributed by atoms with Crippen molar-refractivity contribution < 1.29 is 13.9 Å². The maximum absolute atomic E-state index is 13.5. The number of amides is 1. The van der Waals surface area contributed by atoms with Crippen molar-refractivity contribution in [2.45, 2.75) is 19.8 Å². The highest BCUT2D eigenvalue weighted by Gasteiger charge is 2.05. The Balaban J connectivity index is 1.69. The first-order valence-corrected chi connectivity index (χ1v) is 8.16. The number of anilines is 1. The van der Waals surface area contributed by atoms with Crippen LogP contribution in [0.5, 0.6) is 5.75 Å². The van der Waals surface area contributed by atoms with Gasteiger partial charge in [-0.15, -0.1) is 0 Å². The standard InChI is InChI=1S/C19H23FN2O2/c1-2-24-18-10-6-5-9-17(18)21-14-12-19(23)22-13-11-15-7-3-4-8-16(15)20/h3-10,21H,2,11-14H2,1H3,(H,22,23). The summed E-state index contributed by atoms with van der Waals surface area (Å²) in [5, 5.41) is 6.01. The van der Waals surface area contributed by atoms with Crippen molar-refractivity contribution in [3.05, 3.63) is 59.9 Å². The summed E-state index contributed by atoms with van der Waals surface area (Å²) in [6.45, 7) is 3.46. The van der Waals surface area contributed by atoms with E-state index in [2.05, 4.69) is 10.6 Å². The first-order valence-electron chi connectivity index (χ1n) is 8.16. The number of carbonyl (C=O) groups excluding carboxylic acids is 1. The van der Waals surface area contributed by atoms with Gasteiger partial charge in [0.1, 0.15) is 11.6 Å². The number of halogens is 1. The molecule has 4 nitrogen and oxygen atoms in total. The fourth-order valence-corrected chi connectivity index (χ4v) is 2.33. The fourth-order valence-electron chi connectivity index (χ4n) is 2.33. The first-order chi connectivity index (χ1) is 11.7. The van der Waals surface area contributed by atoms with E-state index in [0.717, 1.165) is 11.4 Å². The van der Waals surface area contributed by atoms with Crippen LogP contribution < -0.4 is 15.4 Å². The molecule has 0 radical (unpaired) electrons. The zero-order valence-electron chi connectivity index (χ0n) is 13.8. The van der Waals surface area contributed by atoms with E-state index in [9.17, 15) is 9.18 Å². The Labute approximate surface area is 142 Å². The van der Waals surface area contributed by atoms with Gasteiger partial charge in [-0.1, -0.05) is 30.3 Å². The van der Waals surface area contributed by atoms with Crippen molar-refractivity contribution in [2.24, 2.45) is 0 Å². The second kappa shape index (κ2) is 9.55. The lowest BCUT2D eigenvalue weighted by Gasteiger charge is -2.12. The van der Waals surface area contributed by atoms with Gasteiger partial charge in [-0.25, -0.2) is 4.39 Å². The highest BCUT2D eigenvalue weighted by atomic mass is 19.1. The Hall–Kier alpha value is -2.56. The van der Waals surface area contributed by atoms with Gasteiger partial charge in [0.15, 0.2) is 0 Å². The van der Waals surface area contributed by atoms with E-state index in [1.165, 1.54) is 6.07 Å². The number of ether oxygens (including phenoxy) is 1. The smallest absolute Gasteiger partial charge is 0.221 e. The molecule has 0 bridgehead atoms. The molecule has 0 aliphatic carbocycles. The maximum atomic E-state index is 13.5. The van der Waals surface area contributed by atoms with Gasteiger partial charge in [-0.05, 0) is 37.1 Å². The SMILES string of the molecule is CCOc1ccccc1NCCC(=O)NCCc1ccccc1F. The van der Waals surface area contributed by atoms with Gasteiger partial charge in [0, 0.05) is 19.5 Å². The van der Waals surface area contributed by atoms with Gasteiger partial charge in [-0.3, -0.25) is 4.79 Å². The van der Waals surface area contributed by atoms with Crippen molar-refractivity contribution in [3.8, 4) is 5.75 Å². The molecule has 128 valence electrons. The summed E-state index contributed by atoms with van der Waals surface area (Å²) in [5.74, 6) is 0.480. The molecule has 0 aromatic heterocycles. The molecule has 0 heterocycles. The fraction of sp³-hybridized carbons (Fsp3) is 0.316. The molecule has 2 N–H and O–H groups in total. The Morgan fingerprint density at radius 3 is 2.62 bits per heavy atom. The lowest BCUT2D eigenvalue weighted by atomic mass is 10.1. The van der Waals surface area contributed by atoms with E-state index in [-0.39, 0.29) is 11.7 Å². The van der Waals surface area contributed by atoms with Crippen LogP contribution in [0.3, 0.4) is 0 Å². The molecule has 2 aromatic rings. The zero-order valence-corrected chi connectivity index (χ0v) is 13.8. The number of nitrogens with one attached hydrogen (secondary N) is 2. The second-order valence-electron chi connectivity index (χ2n) is 5.30. The minimum Gasteiger partial charge on any atom is -0.492 e. The van der Waals surface area contributed by atoms with Gasteiger partial charge in [0.05, 0.1) is 12.3 Å². The van der Waals surface area contributed by atoms with Gasteiger partial charge in [0.2, 0.25) is 5.91 Å². The van der Waals surface area contributed by atoms with Gasteiger partial charge < -0.3 is 15.4 Å². The number of benzene rings is 2. The van der Waals surface area contributed by atoms with Crippen LogP contribution in [0, 0.1) is 5.82 Å². The van der Waals surface area contributed by atoms with E-state index < -0.39 is 0 Å². The highest BCUT2D eigenvalue weighted by Crippen LogP contribution is 2.23. The van der Waals surface area contributed by atoms with Crippen molar-refractivity contribution in [3.63, 3.8) is 0 Å². The summed E-state index contributed by atoms with van der Waals surface area (Å²) in [6, 6.07) is 14.2. The summed E-state index contributed by atoms with van der Waals surface area (Å²) in [6.07, 6.45) is 0.830. The van der Waals surface area contributed by atoms with Crippen LogP contribution >= 0.6 is 0 Å². The van der Waals surface area contributed by atoms with Gasteiger partial charge in [-0.2, -0.15) is 0 Å². The molecule has 0 unspecified atom stereocenters. The molecule has 24 heavy (non-hydrogen) atoms. The van der Waals surface area contributed by atoms with Crippen LogP contribution in [0.4, 0.5) is 10.1 Å². The van der Waals surface area contributed by atoms with E-state index in [1.54, 1.807) is 18.2 Å². The predicted molar refractivity (Wildman–Crippen MR) is 93.8 cm³/mol. The average Bonchev–Trinajstić information content (AvgIpc) is 2.58. The number of carbonyl (C=O) groups is 1. The van der Waals surface area contributed by atoms with E-state index in [0.29, 0.717) is 38.1 Å². The van der Waals surface area contributed by atoms with Crippen LogP contribution in [0.2, 0.25) is 0 Å². The maximum Gasteiger partial charge on any atom is 0.221 e. The summed E-state index contributed by atoms with van der Waals surface area (Å²) < 4.78 is 19.0. The molecule has 0 fully saturated rings. The molecule has 0 aliphatic heterocycles. The molecule has 2 aromatic carbocycles. The normalized spacial score (nSPS) is 10.2. The molecule has 0 atom stereocenters. The molecule has 5 heteroatoms. The van der Waals surface area contributed by atoms with Crippen LogP contribution in [-0.4, -0.2) is 25.6 Å². The second-order valence-corrected chi connectivity index (χ2v) is 5.30. The van der Waals surface area contributed by atoms with E-state index in [4.69, 9.17) is 4.74 Å². The minimum absolute atomic E-state index is 0.0623. The third-order valence-electron chi connectivity index (χ3n) is 3.53. The van der Waals surface area contributed by atoms with Crippen molar-refractivity contribution >= 4 is 11.6 Å². The Morgan fingerprint density at radius 1 is 1.08 bits per heavy atom. The molecule has 0 saturated heterocycles. The lowest BCUT2D eigenvalue weighted by Crippen LogP contribution is -2.27. The van der Waals surface area contributed by atoms with Gasteiger partial charge >= 0.3 is 0 Å². The molecular formula is C19H23FN2O2. The van der Waals surface area contributed by atoms with E-state index >= 15 is 0 Å². The topological polar surface area (TPSA) is 50.4 Å². The minimum atomic E-state index is -0.235. The first kappa shape index (κ1) is 17.8. The van der Waals surface area contributed by atoms with Crippen molar-refractivity contribution in [2.75, 3.05) is 25.0 Å². The number of hydrogen-bond donors (Lipinski definition) is 2. The monoisotopic (exact) mass is 330 g/mol. The van der Waals surface area contributed by atoms with Crippen LogP contribution in [0.1, 0.15) is 18.9 Å². The van der Waals surface area contributed by atoms with E-state index in [1.807, 2.05) is 31.2 Å². The largest absolute Gasteiger partial charge is 0.492 e. The Kier molecular flexibility index (Phi) is 7.08. The molecule has 2 rings (SSSR count). The third kappa shape index (κ3) is 5.57. The Bertz CT molecular complexity index is 661. The van der Waals surface area contributed by atoms with Crippen LogP contribution in [-0.2, 0) is 11.2 Å². The van der Waals surface area contributed by atoms with Gasteiger partial charge in [0.25, 0.3) is 0 Å². The summed E-state index contributed by atoms with van der Waals surface area (Å²) >= 11 is 0. The summed E-state index contributed by atoms with van der Waals surface area (Å²) in [5.41, 5.74) is 1.49. The summed E-state index contributed by atoms with van der Waals surface area (Å²) in [4.78, 5) is 11.8. The quantitative estimate of drug-likeness (QED) is 0.741. The van der Waals surface area contributed by atoms with Crippen LogP contribution in [0.15, 0.2) is 48.5 Å². The molecule has 0 spiro atoms. The predicted octanol–water partition coefficient (Wildman–Crippen LogP) is 3.39. The highest BCUT2D eigenvalue weighted by molar-refractivity contribution is 5.76. The van der Waals surface area contributed by atoms with Crippen molar-refractivity contribution in [1.29, 1.82) is 0 Å². The zero-order chi connectivity index (χ0) is 17.2. The van der Waals surface area contributed by atoms with Crippen LogP contribution in [0.25, 0.3) is 0 Å². The lowest BCUT2D eigenvalue weighted by molar-refractivity contribution is -0.120. The molecular weight excluding hydrogens is 307 g/mol. The number of hydrogen-bond acceptors (Lipinski definition) is 3. The average molecular weight is 330 g/mol. The van der Waals surface area contributed by atoms with Crippen molar-refractivity contribution in [1.82, 2.24) is 5.32 Å². The number of rotatable bonds is 9.